The average molecular weight is 417 g/mol. The summed E-state index contributed by atoms with van der Waals surface area (Å²) in [4.78, 5) is 18.7. The zero-order valence-electron chi connectivity index (χ0n) is 17.0. The molecule has 0 atom stereocenters. The van der Waals surface area contributed by atoms with E-state index in [4.69, 9.17) is 0 Å². The first-order chi connectivity index (χ1) is 14.1. The lowest BCUT2D eigenvalue weighted by Gasteiger charge is -2.14. The van der Waals surface area contributed by atoms with Gasteiger partial charge >= 0.3 is 6.18 Å². The summed E-state index contributed by atoms with van der Waals surface area (Å²) in [7, 11) is 3.85. The summed E-state index contributed by atoms with van der Waals surface area (Å²) >= 11 is 0. The summed E-state index contributed by atoms with van der Waals surface area (Å²) < 4.78 is 39.8. The lowest BCUT2D eigenvalue weighted by molar-refractivity contribution is -0.137. The van der Waals surface area contributed by atoms with Gasteiger partial charge in [-0.15, -0.1) is 0 Å². The van der Waals surface area contributed by atoms with Gasteiger partial charge in [0.1, 0.15) is 0 Å². The maximum absolute atomic E-state index is 12.8. The van der Waals surface area contributed by atoms with Crippen LogP contribution in [0.15, 0.2) is 48.8 Å². The molecule has 6 nitrogen and oxygen atoms in total. The van der Waals surface area contributed by atoms with Crippen molar-refractivity contribution < 1.29 is 18.0 Å². The average Bonchev–Trinajstić information content (AvgIpc) is 3.13. The van der Waals surface area contributed by atoms with Crippen molar-refractivity contribution in [2.24, 2.45) is 0 Å². The maximum atomic E-state index is 12.8. The summed E-state index contributed by atoms with van der Waals surface area (Å²) in [5, 5.41) is 7.04. The number of benzene rings is 1. The Morgan fingerprint density at radius 3 is 2.23 bits per heavy atom. The van der Waals surface area contributed by atoms with Gasteiger partial charge in [0.15, 0.2) is 5.82 Å². The van der Waals surface area contributed by atoms with Crippen LogP contribution in [0, 0.1) is 0 Å². The summed E-state index contributed by atoms with van der Waals surface area (Å²) in [5.41, 5.74) is 1.68. The number of alkyl halides is 3. The molecular weight excluding hydrogens is 395 g/mol. The fourth-order valence-corrected chi connectivity index (χ4v) is 2.99. The Morgan fingerprint density at radius 1 is 1.07 bits per heavy atom. The van der Waals surface area contributed by atoms with Crippen LogP contribution in [0.1, 0.15) is 41.4 Å². The van der Waals surface area contributed by atoms with E-state index >= 15 is 0 Å². The standard InChI is InChI=1S/C21H22F3N5O/c1-13(2)19-17(20(30)27-15-6-8-16(9-7-15)28(3)4)12-26-29(19)18-10-5-14(11-25-18)21(22,23)24/h5-13H,1-4H3,(H,27,30). The number of rotatable bonds is 5. The molecule has 0 aliphatic rings. The van der Waals surface area contributed by atoms with E-state index in [9.17, 15) is 18.0 Å². The molecule has 0 spiro atoms. The Hall–Kier alpha value is -3.36. The molecule has 0 radical (unpaired) electrons. The topological polar surface area (TPSA) is 63.1 Å². The number of carbonyl (C=O) groups is 1. The van der Waals surface area contributed by atoms with E-state index in [0.29, 0.717) is 16.9 Å². The number of nitrogens with zero attached hydrogens (tertiary/aromatic N) is 4. The van der Waals surface area contributed by atoms with Crippen LogP contribution in [0.3, 0.4) is 0 Å². The minimum atomic E-state index is -4.47. The van der Waals surface area contributed by atoms with Crippen molar-refractivity contribution in [1.29, 1.82) is 0 Å². The quantitative estimate of drug-likeness (QED) is 0.652. The number of hydrogen-bond acceptors (Lipinski definition) is 4. The van der Waals surface area contributed by atoms with Gasteiger partial charge in [-0.3, -0.25) is 4.79 Å². The number of pyridine rings is 1. The highest BCUT2D eigenvalue weighted by Gasteiger charge is 2.31. The highest BCUT2D eigenvalue weighted by atomic mass is 19.4. The number of halogens is 3. The summed E-state index contributed by atoms with van der Waals surface area (Å²) in [5.74, 6) is -0.260. The second kappa shape index (κ2) is 8.17. The fourth-order valence-electron chi connectivity index (χ4n) is 2.99. The molecule has 0 bridgehead atoms. The molecule has 0 aliphatic heterocycles. The van der Waals surface area contributed by atoms with Crippen molar-refractivity contribution in [1.82, 2.24) is 14.8 Å². The van der Waals surface area contributed by atoms with Gasteiger partial charge in [0.25, 0.3) is 5.91 Å². The third-order valence-corrected chi connectivity index (χ3v) is 4.53. The molecule has 0 aliphatic carbocycles. The number of anilines is 2. The van der Waals surface area contributed by atoms with Gasteiger partial charge in [-0.2, -0.15) is 18.3 Å². The normalized spacial score (nSPS) is 11.6. The Labute approximate surface area is 172 Å². The molecular formula is C21H22F3N5O. The molecule has 30 heavy (non-hydrogen) atoms. The number of aromatic nitrogens is 3. The third-order valence-electron chi connectivity index (χ3n) is 4.53. The van der Waals surface area contributed by atoms with Gasteiger partial charge in [-0.1, -0.05) is 13.8 Å². The largest absolute Gasteiger partial charge is 0.417 e. The minimum Gasteiger partial charge on any atom is -0.378 e. The molecule has 0 unspecified atom stereocenters. The number of carbonyl (C=O) groups excluding carboxylic acids is 1. The minimum absolute atomic E-state index is 0.117. The molecule has 3 aromatic rings. The smallest absolute Gasteiger partial charge is 0.378 e. The first-order valence-electron chi connectivity index (χ1n) is 9.28. The van der Waals surface area contributed by atoms with E-state index in [1.54, 1.807) is 12.1 Å². The van der Waals surface area contributed by atoms with Gasteiger partial charge in [-0.05, 0) is 42.3 Å². The zero-order chi connectivity index (χ0) is 22.1. The summed E-state index contributed by atoms with van der Waals surface area (Å²) in [6.07, 6.45) is -2.31. The lowest BCUT2D eigenvalue weighted by Crippen LogP contribution is -2.16. The zero-order valence-corrected chi connectivity index (χ0v) is 17.0. The lowest BCUT2D eigenvalue weighted by atomic mass is 10.1. The van der Waals surface area contributed by atoms with Gasteiger partial charge in [0.2, 0.25) is 0 Å². The van der Waals surface area contributed by atoms with E-state index in [-0.39, 0.29) is 17.6 Å². The SMILES string of the molecule is CC(C)c1c(C(=O)Nc2ccc(N(C)C)cc2)cnn1-c1ccc(C(F)(F)F)cn1. The van der Waals surface area contributed by atoms with Crippen LogP contribution in [-0.4, -0.2) is 34.8 Å². The molecule has 3 rings (SSSR count). The molecule has 1 amide bonds. The molecule has 2 aromatic heterocycles. The molecule has 0 fully saturated rings. The van der Waals surface area contributed by atoms with Gasteiger partial charge in [0.05, 0.1) is 23.0 Å². The predicted molar refractivity (Wildman–Crippen MR) is 109 cm³/mol. The van der Waals surface area contributed by atoms with Gasteiger partial charge in [-0.25, -0.2) is 9.67 Å². The van der Waals surface area contributed by atoms with Crippen LogP contribution in [0.2, 0.25) is 0 Å². The van der Waals surface area contributed by atoms with E-state index in [1.807, 2.05) is 45.0 Å². The molecule has 158 valence electrons. The molecule has 0 saturated carbocycles. The van der Waals surface area contributed by atoms with E-state index in [0.717, 1.165) is 18.0 Å². The van der Waals surface area contributed by atoms with E-state index in [2.05, 4.69) is 15.4 Å². The van der Waals surface area contributed by atoms with Crippen molar-refractivity contribution >= 4 is 17.3 Å². The highest BCUT2D eigenvalue weighted by molar-refractivity contribution is 6.05. The maximum Gasteiger partial charge on any atom is 0.417 e. The van der Waals surface area contributed by atoms with Crippen LogP contribution >= 0.6 is 0 Å². The van der Waals surface area contributed by atoms with Crippen LogP contribution in [-0.2, 0) is 6.18 Å². The van der Waals surface area contributed by atoms with Crippen LogP contribution in [0.25, 0.3) is 5.82 Å². The summed E-state index contributed by atoms with van der Waals surface area (Å²) in [6.45, 7) is 3.75. The second-order valence-electron chi connectivity index (χ2n) is 7.31. The van der Waals surface area contributed by atoms with Crippen LogP contribution < -0.4 is 10.2 Å². The second-order valence-corrected chi connectivity index (χ2v) is 7.31. The molecule has 9 heteroatoms. The Kier molecular flexibility index (Phi) is 5.82. The number of nitrogens with one attached hydrogen (secondary N) is 1. The highest BCUT2D eigenvalue weighted by Crippen LogP contribution is 2.29. The molecule has 1 aromatic carbocycles. The van der Waals surface area contributed by atoms with Crippen molar-refractivity contribution in [2.75, 3.05) is 24.3 Å². The Bertz CT molecular complexity index is 1020. The predicted octanol–water partition coefficient (Wildman–Crippen LogP) is 4.73. The first-order valence-corrected chi connectivity index (χ1v) is 9.28. The Morgan fingerprint density at radius 2 is 1.73 bits per heavy atom. The molecule has 2 heterocycles. The van der Waals surface area contributed by atoms with E-state index in [1.165, 1.54) is 16.9 Å². The molecule has 1 N–H and O–H groups in total. The van der Waals surface area contributed by atoms with Crippen molar-refractivity contribution in [3.8, 4) is 5.82 Å². The molecule has 0 saturated heterocycles. The van der Waals surface area contributed by atoms with Gasteiger partial charge in [0, 0.05) is 31.7 Å². The van der Waals surface area contributed by atoms with Crippen molar-refractivity contribution in [3.05, 3.63) is 65.6 Å². The van der Waals surface area contributed by atoms with E-state index < -0.39 is 11.7 Å². The van der Waals surface area contributed by atoms with Crippen LogP contribution in [0.4, 0.5) is 24.5 Å². The third kappa shape index (κ3) is 4.45. The van der Waals surface area contributed by atoms with Crippen molar-refractivity contribution in [3.63, 3.8) is 0 Å². The first kappa shape index (κ1) is 21.4. The number of amides is 1. The van der Waals surface area contributed by atoms with Crippen molar-refractivity contribution in [2.45, 2.75) is 25.9 Å². The van der Waals surface area contributed by atoms with Crippen LogP contribution in [0.5, 0.6) is 0 Å². The monoisotopic (exact) mass is 417 g/mol. The number of hydrogen-bond donors (Lipinski definition) is 1. The van der Waals surface area contributed by atoms with Gasteiger partial charge < -0.3 is 10.2 Å². The summed E-state index contributed by atoms with van der Waals surface area (Å²) in [6, 6.07) is 9.54. The Balaban J connectivity index is 1.89. The fraction of sp³-hybridized carbons (Fsp3) is 0.286.